The van der Waals surface area contributed by atoms with E-state index in [9.17, 15) is 9.59 Å². The van der Waals surface area contributed by atoms with Crippen molar-refractivity contribution in [1.29, 1.82) is 0 Å². The summed E-state index contributed by atoms with van der Waals surface area (Å²) in [7, 11) is 1.64. The van der Waals surface area contributed by atoms with Crippen molar-refractivity contribution in [2.75, 3.05) is 119 Å². The van der Waals surface area contributed by atoms with Crippen LogP contribution in [0.4, 0.5) is 0 Å². The molecule has 0 aromatic heterocycles. The molecule has 2 amide bonds. The van der Waals surface area contributed by atoms with Gasteiger partial charge in [0.2, 0.25) is 5.91 Å². The average molecular weight is 541 g/mol. The van der Waals surface area contributed by atoms with Crippen molar-refractivity contribution < 1.29 is 42.7 Å². The molecule has 1 saturated heterocycles. The summed E-state index contributed by atoms with van der Waals surface area (Å²) >= 11 is 0. The van der Waals surface area contributed by atoms with Crippen molar-refractivity contribution in [3.8, 4) is 0 Å². The Kier molecular flexibility index (Phi) is 17.6. The maximum atomic E-state index is 12.6. The number of methoxy groups -OCH3 is 1. The van der Waals surface area contributed by atoms with Crippen LogP contribution in [0.25, 0.3) is 0 Å². The van der Waals surface area contributed by atoms with Crippen molar-refractivity contribution in [2.24, 2.45) is 0 Å². The molecule has 1 aromatic rings. The van der Waals surface area contributed by atoms with Gasteiger partial charge in [-0.3, -0.25) is 9.59 Å². The molecule has 1 heterocycles. The first-order valence-corrected chi connectivity index (χ1v) is 13.2. The van der Waals surface area contributed by atoms with Crippen molar-refractivity contribution >= 4 is 11.8 Å². The lowest BCUT2D eigenvalue weighted by Crippen LogP contribution is -2.52. The lowest BCUT2D eigenvalue weighted by atomic mass is 10.1. The minimum Gasteiger partial charge on any atom is -0.382 e. The third-order valence-electron chi connectivity index (χ3n) is 5.70. The maximum absolute atomic E-state index is 12.6. The van der Waals surface area contributed by atoms with Gasteiger partial charge in [-0.05, 0) is 19.1 Å². The van der Waals surface area contributed by atoms with Gasteiger partial charge < -0.3 is 43.0 Å². The molecule has 2 rings (SSSR count). The van der Waals surface area contributed by atoms with Gasteiger partial charge >= 0.3 is 0 Å². The van der Waals surface area contributed by atoms with Crippen molar-refractivity contribution in [2.45, 2.75) is 6.92 Å². The van der Waals surface area contributed by atoms with Gasteiger partial charge in [-0.25, -0.2) is 0 Å². The number of aryl methyl sites for hydroxylation is 1. The van der Waals surface area contributed by atoms with E-state index in [2.05, 4.69) is 0 Å². The molecule has 38 heavy (non-hydrogen) atoms. The Hall–Kier alpha value is -2.12. The quantitative estimate of drug-likeness (QED) is 0.199. The fourth-order valence-electron chi connectivity index (χ4n) is 3.52. The smallest absolute Gasteiger partial charge is 0.254 e. The monoisotopic (exact) mass is 540 g/mol. The number of amides is 2. The number of carbonyl (C=O) groups is 2. The van der Waals surface area contributed by atoms with Crippen molar-refractivity contribution in [1.82, 2.24) is 9.80 Å². The molecule has 0 atom stereocenters. The fourth-order valence-corrected chi connectivity index (χ4v) is 3.52. The van der Waals surface area contributed by atoms with Gasteiger partial charge in [0.25, 0.3) is 5.91 Å². The summed E-state index contributed by atoms with van der Waals surface area (Å²) in [4.78, 5) is 28.4. The molecule has 0 radical (unpaired) electrons. The van der Waals surface area contributed by atoms with Crippen LogP contribution in [0.2, 0.25) is 0 Å². The lowest BCUT2D eigenvalue weighted by molar-refractivity contribution is -0.135. The Morgan fingerprint density at radius 1 is 0.684 bits per heavy atom. The minimum absolute atomic E-state index is 0.0615. The molecule has 0 unspecified atom stereocenters. The van der Waals surface area contributed by atoms with E-state index in [0.717, 1.165) is 5.56 Å². The molecule has 1 aliphatic heterocycles. The predicted molar refractivity (Wildman–Crippen MR) is 140 cm³/mol. The van der Waals surface area contributed by atoms with Crippen LogP contribution in [0.3, 0.4) is 0 Å². The zero-order valence-electron chi connectivity index (χ0n) is 22.9. The van der Waals surface area contributed by atoms with Crippen LogP contribution in [0.15, 0.2) is 24.3 Å². The molecule has 0 spiro atoms. The third kappa shape index (κ3) is 14.1. The number of nitrogens with zero attached hydrogens (tertiary/aromatic N) is 2. The van der Waals surface area contributed by atoms with Crippen molar-refractivity contribution in [3.63, 3.8) is 0 Å². The highest BCUT2D eigenvalue weighted by molar-refractivity contribution is 5.97. The average Bonchev–Trinajstić information content (AvgIpc) is 2.92. The van der Waals surface area contributed by atoms with Gasteiger partial charge in [0.15, 0.2) is 0 Å². The van der Waals surface area contributed by atoms with Crippen LogP contribution >= 0.6 is 0 Å². The van der Waals surface area contributed by atoms with Gasteiger partial charge in [0.05, 0.1) is 85.9 Å². The Morgan fingerprint density at radius 2 is 1.13 bits per heavy atom. The lowest BCUT2D eigenvalue weighted by Gasteiger charge is -2.34. The van der Waals surface area contributed by atoms with E-state index in [1.165, 1.54) is 0 Å². The number of carbonyl (C=O) groups excluding carboxylic acids is 2. The second kappa shape index (κ2) is 20.8. The SMILES string of the molecule is COCCOCCOCCOCCOCCOCCOCCN1CCN(C(=O)c2ccc(C)cc2)CC1=O. The zero-order chi connectivity index (χ0) is 27.3. The van der Waals surface area contributed by atoms with E-state index in [-0.39, 0.29) is 18.4 Å². The number of rotatable bonds is 22. The summed E-state index contributed by atoms with van der Waals surface area (Å²) in [6.07, 6.45) is 0. The molecule has 1 aliphatic rings. The molecule has 1 aromatic carbocycles. The standard InChI is InChI=1S/C27H44N2O9/c1-24-3-5-25(6-4-24)27(31)29-8-7-28(26(30)23-29)9-10-33-13-14-35-17-18-37-21-22-38-20-19-36-16-15-34-12-11-32-2/h3-6H,7-23H2,1-2H3. The number of benzene rings is 1. The third-order valence-corrected chi connectivity index (χ3v) is 5.70. The molecular weight excluding hydrogens is 496 g/mol. The van der Waals surface area contributed by atoms with Gasteiger partial charge in [0.1, 0.15) is 6.54 Å². The summed E-state index contributed by atoms with van der Waals surface area (Å²) in [5.74, 6) is -0.169. The Bertz CT molecular complexity index is 763. The van der Waals surface area contributed by atoms with E-state index in [4.69, 9.17) is 33.2 Å². The van der Waals surface area contributed by atoms with Crippen LogP contribution in [0.1, 0.15) is 15.9 Å². The van der Waals surface area contributed by atoms with Crippen LogP contribution in [-0.4, -0.2) is 141 Å². The van der Waals surface area contributed by atoms with Gasteiger partial charge in [-0.2, -0.15) is 0 Å². The normalized spacial score (nSPS) is 13.9. The molecule has 216 valence electrons. The first-order valence-electron chi connectivity index (χ1n) is 13.2. The van der Waals surface area contributed by atoms with E-state index in [1.54, 1.807) is 29.0 Å². The van der Waals surface area contributed by atoms with Crippen LogP contribution in [-0.2, 0) is 38.0 Å². The minimum atomic E-state index is -0.107. The van der Waals surface area contributed by atoms with Gasteiger partial charge in [-0.1, -0.05) is 17.7 Å². The summed E-state index contributed by atoms with van der Waals surface area (Å²) in [5.41, 5.74) is 1.70. The number of piperazine rings is 1. The summed E-state index contributed by atoms with van der Waals surface area (Å²) < 4.78 is 37.5. The van der Waals surface area contributed by atoms with E-state index in [0.29, 0.717) is 111 Å². The molecule has 0 aliphatic carbocycles. The van der Waals surface area contributed by atoms with E-state index in [1.807, 2.05) is 19.1 Å². The predicted octanol–water partition coefficient (Wildman–Crippen LogP) is 1.03. The first-order chi connectivity index (χ1) is 18.6. The maximum Gasteiger partial charge on any atom is 0.254 e. The van der Waals surface area contributed by atoms with Crippen LogP contribution in [0, 0.1) is 6.92 Å². The highest BCUT2D eigenvalue weighted by Gasteiger charge is 2.27. The first kappa shape index (κ1) is 32.1. The molecule has 0 N–H and O–H groups in total. The van der Waals surface area contributed by atoms with E-state index < -0.39 is 0 Å². The molecular formula is C27H44N2O9. The fraction of sp³-hybridized carbons (Fsp3) is 0.704. The topological polar surface area (TPSA) is 105 Å². The molecule has 11 heteroatoms. The van der Waals surface area contributed by atoms with Gasteiger partial charge in [-0.15, -0.1) is 0 Å². The summed E-state index contributed by atoms with van der Waals surface area (Å²) in [6.45, 7) is 10.2. The number of hydrogen-bond donors (Lipinski definition) is 0. The molecule has 0 bridgehead atoms. The second-order valence-corrected chi connectivity index (χ2v) is 8.64. The molecule has 1 fully saturated rings. The Balaban J connectivity index is 1.34. The van der Waals surface area contributed by atoms with Gasteiger partial charge in [0, 0.05) is 32.3 Å². The Labute approximate surface area is 226 Å². The molecule has 0 saturated carbocycles. The second-order valence-electron chi connectivity index (χ2n) is 8.64. The highest BCUT2D eigenvalue weighted by Crippen LogP contribution is 2.11. The highest BCUT2D eigenvalue weighted by atomic mass is 16.6. The summed E-state index contributed by atoms with van der Waals surface area (Å²) in [6, 6.07) is 7.40. The van der Waals surface area contributed by atoms with Crippen LogP contribution < -0.4 is 0 Å². The van der Waals surface area contributed by atoms with Crippen molar-refractivity contribution in [3.05, 3.63) is 35.4 Å². The summed E-state index contributed by atoms with van der Waals surface area (Å²) in [5, 5.41) is 0. The van der Waals surface area contributed by atoms with E-state index >= 15 is 0 Å². The van der Waals surface area contributed by atoms with Crippen LogP contribution in [0.5, 0.6) is 0 Å². The number of ether oxygens (including phenoxy) is 7. The Morgan fingerprint density at radius 3 is 1.58 bits per heavy atom. The zero-order valence-corrected chi connectivity index (χ0v) is 22.9. The number of hydrogen-bond acceptors (Lipinski definition) is 9. The largest absolute Gasteiger partial charge is 0.382 e. The molecule has 11 nitrogen and oxygen atoms in total.